The Labute approximate surface area is 87.4 Å². The molecule has 0 aliphatic carbocycles. The summed E-state index contributed by atoms with van der Waals surface area (Å²) in [6.45, 7) is 1.75. The maximum Gasteiger partial charge on any atom is 0.328 e. The van der Waals surface area contributed by atoms with Gasteiger partial charge < -0.3 is 14.9 Å². The molecule has 0 aliphatic rings. The molecular formula is C11H12O4. The summed E-state index contributed by atoms with van der Waals surface area (Å²) in [4.78, 5) is 10.3. The number of hydrogen-bond donors (Lipinski definition) is 2. The number of carboxylic acids is 1. The summed E-state index contributed by atoms with van der Waals surface area (Å²) in [6.07, 6.45) is 2.50. The number of phenolic OH excluding ortho intramolecular Hbond substituents is 1. The van der Waals surface area contributed by atoms with Crippen molar-refractivity contribution in [2.45, 2.75) is 6.92 Å². The predicted octanol–water partition coefficient (Wildman–Crippen LogP) is 1.81. The fourth-order valence-corrected chi connectivity index (χ4v) is 1.29. The van der Waals surface area contributed by atoms with E-state index in [1.807, 2.05) is 0 Å². The molecule has 80 valence electrons. The first-order chi connectivity index (χ1) is 7.06. The Morgan fingerprint density at radius 2 is 2.13 bits per heavy atom. The minimum Gasteiger partial charge on any atom is -0.504 e. The van der Waals surface area contributed by atoms with E-state index < -0.39 is 5.97 Å². The molecule has 0 amide bonds. The highest BCUT2D eigenvalue weighted by Crippen LogP contribution is 2.32. The number of rotatable bonds is 3. The fourth-order valence-electron chi connectivity index (χ4n) is 1.29. The highest BCUT2D eigenvalue weighted by Gasteiger charge is 2.07. The topological polar surface area (TPSA) is 66.8 Å². The van der Waals surface area contributed by atoms with Crippen molar-refractivity contribution in [2.75, 3.05) is 7.11 Å². The number of carboxylic acid groups (broad SMARTS) is 1. The summed E-state index contributed by atoms with van der Waals surface area (Å²) in [5.41, 5.74) is 1.40. The number of benzene rings is 1. The Morgan fingerprint density at radius 3 is 2.67 bits per heavy atom. The molecule has 0 aliphatic heterocycles. The highest BCUT2D eigenvalue weighted by atomic mass is 16.5. The molecule has 0 fully saturated rings. The van der Waals surface area contributed by atoms with Crippen LogP contribution in [-0.2, 0) is 4.79 Å². The van der Waals surface area contributed by atoms with Crippen LogP contribution in [0.4, 0.5) is 0 Å². The lowest BCUT2D eigenvalue weighted by Gasteiger charge is -2.09. The molecular weight excluding hydrogens is 196 g/mol. The normalized spacial score (nSPS) is 10.5. The zero-order valence-electron chi connectivity index (χ0n) is 8.52. The molecule has 0 saturated carbocycles. The Kier molecular flexibility index (Phi) is 3.33. The van der Waals surface area contributed by atoms with E-state index in [0.29, 0.717) is 16.9 Å². The Bertz CT molecular complexity index is 407. The third-order valence-electron chi connectivity index (χ3n) is 2.04. The summed E-state index contributed by atoms with van der Waals surface area (Å²) in [5.74, 6) is -0.605. The van der Waals surface area contributed by atoms with Gasteiger partial charge in [-0.2, -0.15) is 0 Å². The SMILES string of the molecule is COc1c(O)ccc(C=CC(=O)O)c1C. The second-order valence-electron chi connectivity index (χ2n) is 3.00. The first kappa shape index (κ1) is 11.1. The van der Waals surface area contributed by atoms with Gasteiger partial charge >= 0.3 is 5.97 Å². The van der Waals surface area contributed by atoms with Gasteiger partial charge in [-0.05, 0) is 24.6 Å². The quantitative estimate of drug-likeness (QED) is 0.743. The van der Waals surface area contributed by atoms with Crippen molar-refractivity contribution in [3.05, 3.63) is 29.3 Å². The van der Waals surface area contributed by atoms with Crippen LogP contribution in [0.5, 0.6) is 11.5 Å². The van der Waals surface area contributed by atoms with Crippen molar-refractivity contribution in [3.8, 4) is 11.5 Å². The predicted molar refractivity (Wildman–Crippen MR) is 56.1 cm³/mol. The average Bonchev–Trinajstić information content (AvgIpc) is 2.17. The second kappa shape index (κ2) is 4.50. The Morgan fingerprint density at radius 1 is 1.47 bits per heavy atom. The van der Waals surface area contributed by atoms with E-state index in [2.05, 4.69) is 0 Å². The Hall–Kier alpha value is -1.97. The standard InChI is InChI=1S/C11H12O4/c1-7-8(4-6-10(13)14)3-5-9(12)11(7)15-2/h3-6,12H,1-2H3,(H,13,14). The van der Waals surface area contributed by atoms with E-state index in [9.17, 15) is 9.90 Å². The minimum absolute atomic E-state index is 0.0440. The molecule has 0 aromatic heterocycles. The monoisotopic (exact) mass is 208 g/mol. The van der Waals surface area contributed by atoms with E-state index in [-0.39, 0.29) is 5.75 Å². The van der Waals surface area contributed by atoms with Gasteiger partial charge in [0, 0.05) is 11.6 Å². The third kappa shape index (κ3) is 2.49. The largest absolute Gasteiger partial charge is 0.504 e. The number of carbonyl (C=O) groups is 1. The summed E-state index contributed by atoms with van der Waals surface area (Å²) in [5, 5.41) is 17.9. The van der Waals surface area contributed by atoms with Gasteiger partial charge in [-0.3, -0.25) is 0 Å². The minimum atomic E-state index is -1.01. The van der Waals surface area contributed by atoms with Crippen molar-refractivity contribution in [2.24, 2.45) is 0 Å². The van der Waals surface area contributed by atoms with Gasteiger partial charge in [-0.1, -0.05) is 6.07 Å². The van der Waals surface area contributed by atoms with Crippen LogP contribution < -0.4 is 4.74 Å². The summed E-state index contributed by atoms with van der Waals surface area (Å²) >= 11 is 0. The molecule has 1 rings (SSSR count). The van der Waals surface area contributed by atoms with Crippen molar-refractivity contribution < 1.29 is 19.7 Å². The van der Waals surface area contributed by atoms with Crippen LogP contribution in [-0.4, -0.2) is 23.3 Å². The molecule has 1 aromatic carbocycles. The fraction of sp³-hybridized carbons (Fsp3) is 0.182. The number of phenols is 1. The zero-order valence-corrected chi connectivity index (χ0v) is 8.52. The van der Waals surface area contributed by atoms with E-state index in [1.165, 1.54) is 19.3 Å². The van der Waals surface area contributed by atoms with Gasteiger partial charge in [0.15, 0.2) is 11.5 Å². The highest BCUT2D eigenvalue weighted by molar-refractivity contribution is 5.85. The molecule has 0 bridgehead atoms. The van der Waals surface area contributed by atoms with Crippen LogP contribution >= 0.6 is 0 Å². The molecule has 0 spiro atoms. The van der Waals surface area contributed by atoms with Crippen molar-refractivity contribution in [1.82, 2.24) is 0 Å². The molecule has 4 nitrogen and oxygen atoms in total. The summed E-state index contributed by atoms with van der Waals surface area (Å²) < 4.78 is 4.99. The number of hydrogen-bond acceptors (Lipinski definition) is 3. The molecule has 0 saturated heterocycles. The number of aliphatic carboxylic acids is 1. The molecule has 15 heavy (non-hydrogen) atoms. The van der Waals surface area contributed by atoms with E-state index in [4.69, 9.17) is 9.84 Å². The third-order valence-corrected chi connectivity index (χ3v) is 2.04. The van der Waals surface area contributed by atoms with E-state index in [1.54, 1.807) is 13.0 Å². The molecule has 1 aromatic rings. The zero-order chi connectivity index (χ0) is 11.4. The summed E-state index contributed by atoms with van der Waals surface area (Å²) in [6, 6.07) is 3.10. The molecule has 0 heterocycles. The Balaban J connectivity index is 3.16. The number of ether oxygens (including phenoxy) is 1. The summed E-state index contributed by atoms with van der Waals surface area (Å²) in [7, 11) is 1.45. The van der Waals surface area contributed by atoms with Crippen molar-refractivity contribution in [1.29, 1.82) is 0 Å². The van der Waals surface area contributed by atoms with Crippen LogP contribution in [0.3, 0.4) is 0 Å². The number of aromatic hydroxyl groups is 1. The maximum atomic E-state index is 10.3. The second-order valence-corrected chi connectivity index (χ2v) is 3.00. The van der Waals surface area contributed by atoms with Crippen LogP contribution in [0.2, 0.25) is 0 Å². The van der Waals surface area contributed by atoms with Crippen LogP contribution in [0.25, 0.3) is 6.08 Å². The van der Waals surface area contributed by atoms with Crippen LogP contribution in [0.15, 0.2) is 18.2 Å². The van der Waals surface area contributed by atoms with Crippen LogP contribution in [0, 0.1) is 6.92 Å². The van der Waals surface area contributed by atoms with Gasteiger partial charge in [-0.25, -0.2) is 4.79 Å². The molecule has 0 unspecified atom stereocenters. The van der Waals surface area contributed by atoms with Crippen molar-refractivity contribution in [3.63, 3.8) is 0 Å². The van der Waals surface area contributed by atoms with Gasteiger partial charge in [0.05, 0.1) is 7.11 Å². The maximum absolute atomic E-state index is 10.3. The van der Waals surface area contributed by atoms with Gasteiger partial charge in [-0.15, -0.1) is 0 Å². The first-order valence-electron chi connectivity index (χ1n) is 4.34. The first-order valence-corrected chi connectivity index (χ1v) is 4.34. The molecule has 0 radical (unpaired) electrons. The van der Waals surface area contributed by atoms with Gasteiger partial charge in [0.2, 0.25) is 0 Å². The lowest BCUT2D eigenvalue weighted by molar-refractivity contribution is -0.131. The number of methoxy groups -OCH3 is 1. The smallest absolute Gasteiger partial charge is 0.328 e. The molecule has 2 N–H and O–H groups in total. The average molecular weight is 208 g/mol. The van der Waals surface area contributed by atoms with E-state index in [0.717, 1.165) is 6.08 Å². The van der Waals surface area contributed by atoms with Gasteiger partial charge in [0.1, 0.15) is 0 Å². The van der Waals surface area contributed by atoms with E-state index >= 15 is 0 Å². The molecule has 0 atom stereocenters. The lowest BCUT2D eigenvalue weighted by atomic mass is 10.1. The lowest BCUT2D eigenvalue weighted by Crippen LogP contribution is -1.91. The molecule has 4 heteroatoms. The van der Waals surface area contributed by atoms with Crippen molar-refractivity contribution >= 4 is 12.0 Å². The van der Waals surface area contributed by atoms with Gasteiger partial charge in [0.25, 0.3) is 0 Å². The van der Waals surface area contributed by atoms with Crippen LogP contribution in [0.1, 0.15) is 11.1 Å².